The number of halogens is 2. The number of hydrogen-bond acceptors (Lipinski definition) is 5. The summed E-state index contributed by atoms with van der Waals surface area (Å²) in [5, 5.41) is 12.4. The number of anilines is 1. The van der Waals surface area contributed by atoms with Gasteiger partial charge >= 0.3 is 0 Å². The zero-order chi connectivity index (χ0) is 21.1. The zero-order valence-electron chi connectivity index (χ0n) is 16.4. The molecule has 0 aliphatic carbocycles. The van der Waals surface area contributed by atoms with E-state index < -0.39 is 6.10 Å². The number of nitrogens with one attached hydrogen (secondary N) is 1. The van der Waals surface area contributed by atoms with E-state index in [0.29, 0.717) is 22.3 Å². The van der Waals surface area contributed by atoms with Gasteiger partial charge < -0.3 is 19.7 Å². The standard InChI is InChI=1S/C22H23Cl2N3O3/c23-19-4-2-16(12-20(19)24)27-9-7-26(8-10-27)13-17(28)14-30-18-3-5-21-15(11-18)1-6-22(29)25-21/h1-6,11-12,17,28H,7-10,13-14H2,(H,25,29). The number of H-pyrrole nitrogens is 1. The highest BCUT2D eigenvalue weighted by atomic mass is 35.5. The molecule has 2 heterocycles. The molecule has 3 aromatic rings. The molecule has 1 aliphatic rings. The largest absolute Gasteiger partial charge is 0.491 e. The number of aromatic nitrogens is 1. The van der Waals surface area contributed by atoms with E-state index in [1.54, 1.807) is 18.2 Å². The molecule has 0 bridgehead atoms. The average molecular weight is 448 g/mol. The second kappa shape index (κ2) is 9.27. The number of fused-ring (bicyclic) bond motifs is 1. The van der Waals surface area contributed by atoms with Crippen LogP contribution in [0, 0.1) is 0 Å². The molecule has 0 spiro atoms. The number of β-amino-alcohol motifs (C(OH)–C–C–N with tert-alkyl or cyclic N) is 1. The van der Waals surface area contributed by atoms with Gasteiger partial charge in [-0.25, -0.2) is 0 Å². The Morgan fingerprint density at radius 2 is 1.80 bits per heavy atom. The number of pyridine rings is 1. The molecule has 1 saturated heterocycles. The van der Waals surface area contributed by atoms with Gasteiger partial charge in [0.05, 0.1) is 10.0 Å². The van der Waals surface area contributed by atoms with Crippen LogP contribution in [0.25, 0.3) is 10.9 Å². The molecule has 1 aliphatic heterocycles. The van der Waals surface area contributed by atoms with Gasteiger partial charge in [0.2, 0.25) is 5.56 Å². The van der Waals surface area contributed by atoms with Crippen LogP contribution in [0.1, 0.15) is 0 Å². The predicted molar refractivity (Wildman–Crippen MR) is 121 cm³/mol. The number of ether oxygens (including phenoxy) is 1. The van der Waals surface area contributed by atoms with E-state index in [-0.39, 0.29) is 12.2 Å². The normalized spacial score (nSPS) is 16.0. The number of rotatable bonds is 6. The van der Waals surface area contributed by atoms with Crippen molar-refractivity contribution in [1.29, 1.82) is 0 Å². The molecular formula is C22H23Cl2N3O3. The lowest BCUT2D eigenvalue weighted by atomic mass is 10.2. The second-order valence-corrected chi connectivity index (χ2v) is 8.24. The first kappa shape index (κ1) is 21.0. The van der Waals surface area contributed by atoms with Gasteiger partial charge in [-0.05, 0) is 42.5 Å². The highest BCUT2D eigenvalue weighted by molar-refractivity contribution is 6.42. The van der Waals surface area contributed by atoms with E-state index >= 15 is 0 Å². The highest BCUT2D eigenvalue weighted by Crippen LogP contribution is 2.27. The molecule has 2 N–H and O–H groups in total. The Morgan fingerprint density at radius 1 is 1.00 bits per heavy atom. The van der Waals surface area contributed by atoms with E-state index in [2.05, 4.69) is 14.8 Å². The van der Waals surface area contributed by atoms with Gasteiger partial charge in [0, 0.05) is 55.4 Å². The summed E-state index contributed by atoms with van der Waals surface area (Å²) in [4.78, 5) is 18.6. The maximum absolute atomic E-state index is 11.4. The summed E-state index contributed by atoms with van der Waals surface area (Å²) in [6.45, 7) is 4.17. The lowest BCUT2D eigenvalue weighted by Gasteiger charge is -2.37. The summed E-state index contributed by atoms with van der Waals surface area (Å²) in [5.41, 5.74) is 1.69. The molecule has 4 rings (SSSR count). The van der Waals surface area contributed by atoms with Gasteiger partial charge in [0.15, 0.2) is 0 Å². The van der Waals surface area contributed by atoms with E-state index in [9.17, 15) is 9.90 Å². The van der Waals surface area contributed by atoms with Gasteiger partial charge in [-0.2, -0.15) is 0 Å². The molecule has 30 heavy (non-hydrogen) atoms. The van der Waals surface area contributed by atoms with Crippen molar-refractivity contribution < 1.29 is 9.84 Å². The molecule has 2 aromatic carbocycles. The minimum Gasteiger partial charge on any atom is -0.491 e. The van der Waals surface area contributed by atoms with E-state index in [1.165, 1.54) is 6.07 Å². The predicted octanol–water partition coefficient (Wildman–Crippen LogP) is 3.40. The first-order chi connectivity index (χ1) is 14.5. The number of aromatic amines is 1. The Bertz CT molecular complexity index is 1080. The monoisotopic (exact) mass is 447 g/mol. The maximum atomic E-state index is 11.4. The number of aliphatic hydroxyl groups excluding tert-OH is 1. The van der Waals surface area contributed by atoms with Crippen molar-refractivity contribution in [2.75, 3.05) is 44.2 Å². The molecular weight excluding hydrogens is 425 g/mol. The number of benzene rings is 2. The number of piperazine rings is 1. The molecule has 1 unspecified atom stereocenters. The van der Waals surface area contributed by atoms with Gasteiger partial charge in [-0.3, -0.25) is 9.69 Å². The lowest BCUT2D eigenvalue weighted by Crippen LogP contribution is -2.49. The van der Waals surface area contributed by atoms with Crippen LogP contribution in [0.3, 0.4) is 0 Å². The molecule has 6 nitrogen and oxygen atoms in total. The molecule has 0 amide bonds. The third-order valence-electron chi connectivity index (χ3n) is 5.25. The average Bonchev–Trinajstić information content (AvgIpc) is 2.75. The van der Waals surface area contributed by atoms with Gasteiger partial charge in [-0.15, -0.1) is 0 Å². The van der Waals surface area contributed by atoms with E-state index in [1.807, 2.05) is 24.3 Å². The van der Waals surface area contributed by atoms with Gasteiger partial charge in [0.1, 0.15) is 18.5 Å². The summed E-state index contributed by atoms with van der Waals surface area (Å²) < 4.78 is 5.76. The van der Waals surface area contributed by atoms with Gasteiger partial charge in [0.25, 0.3) is 0 Å². The quantitative estimate of drug-likeness (QED) is 0.605. The minimum absolute atomic E-state index is 0.133. The van der Waals surface area contributed by atoms with Crippen LogP contribution in [0.5, 0.6) is 5.75 Å². The lowest BCUT2D eigenvalue weighted by molar-refractivity contribution is 0.0663. The smallest absolute Gasteiger partial charge is 0.248 e. The topological polar surface area (TPSA) is 68.8 Å². The molecule has 1 atom stereocenters. The first-order valence-corrected chi connectivity index (χ1v) is 10.6. The third kappa shape index (κ3) is 5.08. The van der Waals surface area contributed by atoms with Gasteiger partial charge in [-0.1, -0.05) is 23.2 Å². The Balaban J connectivity index is 1.26. The third-order valence-corrected chi connectivity index (χ3v) is 5.99. The maximum Gasteiger partial charge on any atom is 0.248 e. The number of hydrogen-bond donors (Lipinski definition) is 2. The SMILES string of the molecule is O=c1ccc2cc(OCC(O)CN3CCN(c4ccc(Cl)c(Cl)c4)CC3)ccc2[nH]1. The van der Waals surface area contributed by atoms with Crippen LogP contribution in [0.15, 0.2) is 53.3 Å². The number of nitrogens with zero attached hydrogens (tertiary/aromatic N) is 2. The summed E-state index contributed by atoms with van der Waals surface area (Å²) in [6, 6.07) is 14.4. The minimum atomic E-state index is -0.590. The fraction of sp³-hybridized carbons (Fsp3) is 0.318. The van der Waals surface area contributed by atoms with Crippen LogP contribution < -0.4 is 15.2 Å². The molecule has 8 heteroatoms. The van der Waals surface area contributed by atoms with Crippen molar-refractivity contribution in [3.63, 3.8) is 0 Å². The Labute approximate surface area is 184 Å². The molecule has 1 fully saturated rings. The Kier molecular flexibility index (Phi) is 6.49. The van der Waals surface area contributed by atoms with Crippen LogP contribution in [-0.4, -0.2) is 60.4 Å². The molecule has 0 radical (unpaired) electrons. The molecule has 158 valence electrons. The van der Waals surface area contributed by atoms with Crippen molar-refractivity contribution in [1.82, 2.24) is 9.88 Å². The summed E-state index contributed by atoms with van der Waals surface area (Å²) in [7, 11) is 0. The fourth-order valence-corrected chi connectivity index (χ4v) is 3.93. The summed E-state index contributed by atoms with van der Waals surface area (Å²) in [6.07, 6.45) is -0.590. The van der Waals surface area contributed by atoms with Crippen LogP contribution in [0.4, 0.5) is 5.69 Å². The fourth-order valence-electron chi connectivity index (χ4n) is 3.64. The van der Waals surface area contributed by atoms with Crippen LogP contribution in [-0.2, 0) is 0 Å². The zero-order valence-corrected chi connectivity index (χ0v) is 17.9. The number of aliphatic hydroxyl groups is 1. The van der Waals surface area contributed by atoms with Crippen molar-refractivity contribution in [2.24, 2.45) is 0 Å². The van der Waals surface area contributed by atoms with E-state index in [0.717, 1.165) is 42.8 Å². The Morgan fingerprint density at radius 3 is 2.57 bits per heavy atom. The first-order valence-electron chi connectivity index (χ1n) is 9.84. The highest BCUT2D eigenvalue weighted by Gasteiger charge is 2.20. The van der Waals surface area contributed by atoms with Crippen LogP contribution >= 0.6 is 23.2 Å². The van der Waals surface area contributed by atoms with Crippen molar-refractivity contribution in [2.45, 2.75) is 6.10 Å². The molecule has 0 saturated carbocycles. The molecule has 1 aromatic heterocycles. The summed E-state index contributed by atoms with van der Waals surface area (Å²) in [5.74, 6) is 0.665. The summed E-state index contributed by atoms with van der Waals surface area (Å²) >= 11 is 12.1. The van der Waals surface area contributed by atoms with E-state index in [4.69, 9.17) is 27.9 Å². The Hall–Kier alpha value is -2.25. The van der Waals surface area contributed by atoms with Crippen molar-refractivity contribution in [3.8, 4) is 5.75 Å². The second-order valence-electron chi connectivity index (χ2n) is 7.42. The van der Waals surface area contributed by atoms with Crippen molar-refractivity contribution >= 4 is 39.8 Å². The van der Waals surface area contributed by atoms with Crippen molar-refractivity contribution in [3.05, 3.63) is 68.9 Å². The van der Waals surface area contributed by atoms with Crippen LogP contribution in [0.2, 0.25) is 10.0 Å².